The predicted octanol–water partition coefficient (Wildman–Crippen LogP) is 4.41. The van der Waals surface area contributed by atoms with Crippen molar-refractivity contribution in [2.24, 2.45) is 10.2 Å². The van der Waals surface area contributed by atoms with Crippen molar-refractivity contribution in [3.8, 4) is 5.75 Å². The van der Waals surface area contributed by atoms with Gasteiger partial charge in [0.1, 0.15) is 28.2 Å². The van der Waals surface area contributed by atoms with Crippen LogP contribution in [0.5, 0.6) is 5.75 Å². The van der Waals surface area contributed by atoms with Gasteiger partial charge in [0.15, 0.2) is 6.61 Å². The summed E-state index contributed by atoms with van der Waals surface area (Å²) < 4.78 is 50.6. The number of ether oxygens (including phenoxy) is 2. The number of aryl methyl sites for hydroxylation is 1. The zero-order chi connectivity index (χ0) is 27.0. The number of sulfonamides is 1. The van der Waals surface area contributed by atoms with E-state index in [0.717, 1.165) is 17.7 Å². The van der Waals surface area contributed by atoms with Crippen LogP contribution in [0.2, 0.25) is 0 Å². The molecule has 194 valence electrons. The van der Waals surface area contributed by atoms with Crippen molar-refractivity contribution in [3.63, 3.8) is 0 Å². The third-order valence-electron chi connectivity index (χ3n) is 4.99. The van der Waals surface area contributed by atoms with E-state index in [2.05, 4.69) is 15.5 Å². The third-order valence-corrected chi connectivity index (χ3v) is 6.56. The number of rotatable bonds is 10. The molecule has 1 atom stereocenters. The van der Waals surface area contributed by atoms with Gasteiger partial charge >= 0.3 is 5.97 Å². The van der Waals surface area contributed by atoms with E-state index in [1.165, 1.54) is 19.1 Å². The molecule has 0 aromatic heterocycles. The fourth-order valence-electron chi connectivity index (χ4n) is 3.13. The van der Waals surface area contributed by atoms with Crippen LogP contribution in [0.25, 0.3) is 0 Å². The highest BCUT2D eigenvalue weighted by molar-refractivity contribution is 7.89. The van der Waals surface area contributed by atoms with Crippen LogP contribution in [-0.4, -0.2) is 40.1 Å². The second-order valence-corrected chi connectivity index (χ2v) is 9.48. The van der Waals surface area contributed by atoms with Crippen LogP contribution in [0.1, 0.15) is 12.5 Å². The number of nitrogens with one attached hydrogen (secondary N) is 2. The Balaban J connectivity index is 1.54. The van der Waals surface area contributed by atoms with Crippen LogP contribution in [0.3, 0.4) is 0 Å². The molecule has 0 unspecified atom stereocenters. The van der Waals surface area contributed by atoms with Gasteiger partial charge in [-0.3, -0.25) is 9.59 Å². The fourth-order valence-corrected chi connectivity index (χ4v) is 4.40. The number of anilines is 1. The summed E-state index contributed by atoms with van der Waals surface area (Å²) in [6.07, 6.45) is 0. The normalized spacial score (nSPS) is 12.2. The standard InChI is InChI=1S/C25H25FN4O6S/c1-16-14-18(12-13-20(16)28-29-21-9-5-6-10-22(21)35-3)27-24(31)15-36-25(32)17(2)30-37(33,34)23-11-7-4-8-19(23)26/h4-14,17,30H,15H2,1-3H3,(H,27,31)/t17-/m0/s1. The summed E-state index contributed by atoms with van der Waals surface area (Å²) in [5, 5.41) is 11.0. The van der Waals surface area contributed by atoms with Gasteiger partial charge in [-0.15, -0.1) is 5.11 Å². The lowest BCUT2D eigenvalue weighted by Gasteiger charge is -2.14. The van der Waals surface area contributed by atoms with Crippen LogP contribution < -0.4 is 14.8 Å². The van der Waals surface area contributed by atoms with Crippen LogP contribution >= 0.6 is 0 Å². The first-order valence-electron chi connectivity index (χ1n) is 11.0. The molecule has 10 nitrogen and oxygen atoms in total. The molecule has 1 amide bonds. The van der Waals surface area contributed by atoms with E-state index >= 15 is 0 Å². The number of para-hydroxylation sites is 1. The van der Waals surface area contributed by atoms with Gasteiger partial charge in [-0.2, -0.15) is 9.84 Å². The quantitative estimate of drug-likeness (QED) is 0.296. The lowest BCUT2D eigenvalue weighted by Crippen LogP contribution is -2.40. The van der Waals surface area contributed by atoms with Gasteiger partial charge < -0.3 is 14.8 Å². The highest BCUT2D eigenvalue weighted by Gasteiger charge is 2.25. The molecule has 0 heterocycles. The largest absolute Gasteiger partial charge is 0.494 e. The highest BCUT2D eigenvalue weighted by Crippen LogP contribution is 2.30. The van der Waals surface area contributed by atoms with Crippen molar-refractivity contribution in [1.82, 2.24) is 4.72 Å². The molecule has 0 spiro atoms. The van der Waals surface area contributed by atoms with Gasteiger partial charge in [0.2, 0.25) is 10.0 Å². The Morgan fingerprint density at radius 1 is 1.00 bits per heavy atom. The summed E-state index contributed by atoms with van der Waals surface area (Å²) in [5.74, 6) is -2.02. The van der Waals surface area contributed by atoms with Gasteiger partial charge in [0.05, 0.1) is 12.8 Å². The van der Waals surface area contributed by atoms with Crippen LogP contribution in [-0.2, 0) is 24.3 Å². The van der Waals surface area contributed by atoms with Gasteiger partial charge in [0, 0.05) is 5.69 Å². The van der Waals surface area contributed by atoms with Crippen LogP contribution in [0, 0.1) is 12.7 Å². The summed E-state index contributed by atoms with van der Waals surface area (Å²) in [6, 6.07) is 15.5. The molecule has 0 aliphatic rings. The summed E-state index contributed by atoms with van der Waals surface area (Å²) in [7, 11) is -2.77. The van der Waals surface area contributed by atoms with Crippen molar-refractivity contribution in [1.29, 1.82) is 0 Å². The zero-order valence-corrected chi connectivity index (χ0v) is 21.1. The second kappa shape index (κ2) is 12.2. The SMILES string of the molecule is COc1ccccc1N=Nc1ccc(NC(=O)COC(=O)[C@H](C)NS(=O)(=O)c2ccccc2F)cc1C. The molecule has 0 radical (unpaired) electrons. The summed E-state index contributed by atoms with van der Waals surface area (Å²) in [5.41, 5.74) is 2.30. The van der Waals surface area contributed by atoms with E-state index < -0.39 is 45.3 Å². The Labute approximate surface area is 213 Å². The molecule has 0 saturated heterocycles. The van der Waals surface area contributed by atoms with Crippen molar-refractivity contribution in [2.45, 2.75) is 24.8 Å². The van der Waals surface area contributed by atoms with E-state index in [-0.39, 0.29) is 0 Å². The number of hydrogen-bond donors (Lipinski definition) is 2. The Kier molecular flexibility index (Phi) is 9.04. The molecule has 0 fully saturated rings. The first-order valence-corrected chi connectivity index (χ1v) is 12.5. The average Bonchev–Trinajstić information content (AvgIpc) is 2.86. The number of carbonyl (C=O) groups excluding carboxylic acids is 2. The molecule has 0 aliphatic heterocycles. The van der Waals surface area contributed by atoms with Gasteiger partial charge in [0.25, 0.3) is 5.91 Å². The van der Waals surface area contributed by atoms with E-state index in [9.17, 15) is 22.4 Å². The third kappa shape index (κ3) is 7.41. The molecule has 37 heavy (non-hydrogen) atoms. The van der Waals surface area contributed by atoms with Gasteiger partial charge in [-0.25, -0.2) is 12.8 Å². The number of benzene rings is 3. The Bertz CT molecular complexity index is 1430. The van der Waals surface area contributed by atoms with Gasteiger partial charge in [-0.05, 0) is 61.9 Å². The lowest BCUT2D eigenvalue weighted by molar-refractivity contribution is -0.148. The summed E-state index contributed by atoms with van der Waals surface area (Å²) in [4.78, 5) is 23.8. The predicted molar refractivity (Wildman–Crippen MR) is 134 cm³/mol. The molecule has 3 aromatic carbocycles. The average molecular weight is 529 g/mol. The maximum atomic E-state index is 13.8. The number of esters is 1. The van der Waals surface area contributed by atoms with E-state index in [4.69, 9.17) is 9.47 Å². The molecule has 2 N–H and O–H groups in total. The number of azo groups is 1. The van der Waals surface area contributed by atoms with Crippen molar-refractivity contribution >= 4 is 39.0 Å². The van der Waals surface area contributed by atoms with Gasteiger partial charge in [-0.1, -0.05) is 24.3 Å². The second-order valence-electron chi connectivity index (χ2n) is 7.80. The molecule has 3 aromatic rings. The molecule has 0 saturated carbocycles. The maximum Gasteiger partial charge on any atom is 0.324 e. The minimum Gasteiger partial charge on any atom is -0.494 e. The molecule has 3 rings (SSSR count). The molecular weight excluding hydrogens is 503 g/mol. The summed E-state index contributed by atoms with van der Waals surface area (Å²) >= 11 is 0. The number of halogens is 1. The van der Waals surface area contributed by atoms with Crippen LogP contribution in [0.4, 0.5) is 21.5 Å². The summed E-state index contributed by atoms with van der Waals surface area (Å²) in [6.45, 7) is 2.36. The topological polar surface area (TPSA) is 136 Å². The molecule has 12 heteroatoms. The number of hydrogen-bond acceptors (Lipinski definition) is 8. The first kappa shape index (κ1) is 27.4. The molecule has 0 bridgehead atoms. The van der Waals surface area contributed by atoms with Crippen LogP contribution in [0.15, 0.2) is 81.9 Å². The highest BCUT2D eigenvalue weighted by atomic mass is 32.2. The van der Waals surface area contributed by atoms with Crippen molar-refractivity contribution < 1.29 is 31.9 Å². The van der Waals surface area contributed by atoms with Crippen molar-refractivity contribution in [2.75, 3.05) is 19.0 Å². The monoisotopic (exact) mass is 528 g/mol. The molecular formula is C25H25FN4O6S. The number of methoxy groups -OCH3 is 1. The van der Waals surface area contributed by atoms with E-state index in [0.29, 0.717) is 22.8 Å². The van der Waals surface area contributed by atoms with E-state index in [1.54, 1.807) is 44.4 Å². The number of carbonyl (C=O) groups is 2. The maximum absolute atomic E-state index is 13.8. The Morgan fingerprint density at radius 2 is 1.68 bits per heavy atom. The first-order chi connectivity index (χ1) is 17.6. The minimum atomic E-state index is -4.31. The number of nitrogens with zero attached hydrogens (tertiary/aromatic N) is 2. The Morgan fingerprint density at radius 3 is 2.38 bits per heavy atom. The van der Waals surface area contributed by atoms with E-state index in [1.807, 2.05) is 16.9 Å². The minimum absolute atomic E-state index is 0.433. The Hall–Kier alpha value is -4.16. The van der Waals surface area contributed by atoms with Crippen molar-refractivity contribution in [3.05, 3.63) is 78.1 Å². The number of amides is 1. The fraction of sp³-hybridized carbons (Fsp3) is 0.200. The lowest BCUT2D eigenvalue weighted by atomic mass is 10.2. The zero-order valence-electron chi connectivity index (χ0n) is 20.3. The molecule has 0 aliphatic carbocycles. The smallest absolute Gasteiger partial charge is 0.324 e.